The maximum atomic E-state index is 10.8. The van der Waals surface area contributed by atoms with E-state index in [1.165, 1.54) is 7.05 Å². The van der Waals surface area contributed by atoms with Gasteiger partial charge in [-0.1, -0.05) is 0 Å². The van der Waals surface area contributed by atoms with Crippen molar-refractivity contribution in [2.75, 3.05) is 7.05 Å². The quantitative estimate of drug-likeness (QED) is 0.445. The van der Waals surface area contributed by atoms with Gasteiger partial charge in [0, 0.05) is 7.05 Å². The number of aromatic amines is 2. The predicted molar refractivity (Wildman–Crippen MR) is 38.9 cm³/mol. The minimum atomic E-state index is -0.807. The molecule has 7 heteroatoms. The van der Waals surface area contributed by atoms with E-state index in [-0.39, 0.29) is 5.69 Å². The van der Waals surface area contributed by atoms with Gasteiger partial charge in [0.05, 0.1) is 0 Å². The Morgan fingerprint density at radius 2 is 2.17 bits per heavy atom. The Kier molecular flexibility index (Phi) is 2.04. The van der Waals surface area contributed by atoms with E-state index < -0.39 is 17.2 Å². The minimum Gasteiger partial charge on any atom is -0.354 e. The van der Waals surface area contributed by atoms with Crippen molar-refractivity contribution >= 4 is 5.91 Å². The van der Waals surface area contributed by atoms with Crippen LogP contribution in [0.2, 0.25) is 0 Å². The van der Waals surface area contributed by atoms with Crippen LogP contribution in [0.15, 0.2) is 9.59 Å². The third-order valence-electron chi connectivity index (χ3n) is 1.15. The summed E-state index contributed by atoms with van der Waals surface area (Å²) in [6, 6.07) is 0. The van der Waals surface area contributed by atoms with Crippen LogP contribution in [-0.4, -0.2) is 28.1 Å². The number of nitrogens with one attached hydrogen (secondary N) is 3. The van der Waals surface area contributed by atoms with Gasteiger partial charge >= 0.3 is 5.69 Å². The van der Waals surface area contributed by atoms with E-state index >= 15 is 0 Å². The van der Waals surface area contributed by atoms with Crippen LogP contribution in [0.4, 0.5) is 0 Å². The van der Waals surface area contributed by atoms with Gasteiger partial charge in [-0.15, -0.1) is 0 Å². The van der Waals surface area contributed by atoms with E-state index in [0.717, 1.165) is 0 Å². The standard InChI is InChI=1S/C5H6N4O3/c1-6-3(10)2-4(11)7-5(12)9-8-2/h1H3,(H,6,10)(H2,7,9,11,12). The third-order valence-corrected chi connectivity index (χ3v) is 1.15. The maximum Gasteiger partial charge on any atom is 0.342 e. The van der Waals surface area contributed by atoms with Gasteiger partial charge < -0.3 is 5.32 Å². The van der Waals surface area contributed by atoms with Gasteiger partial charge in [-0.05, 0) is 0 Å². The molecule has 12 heavy (non-hydrogen) atoms. The smallest absolute Gasteiger partial charge is 0.342 e. The molecule has 0 saturated heterocycles. The normalized spacial score (nSPS) is 9.42. The largest absolute Gasteiger partial charge is 0.354 e. The molecule has 0 fully saturated rings. The lowest BCUT2D eigenvalue weighted by Crippen LogP contribution is -2.34. The Morgan fingerprint density at radius 3 is 2.67 bits per heavy atom. The zero-order valence-corrected chi connectivity index (χ0v) is 6.17. The van der Waals surface area contributed by atoms with Crippen molar-refractivity contribution < 1.29 is 4.79 Å². The lowest BCUT2D eigenvalue weighted by molar-refractivity contribution is 0.0955. The van der Waals surface area contributed by atoms with Crippen molar-refractivity contribution in [3.63, 3.8) is 0 Å². The summed E-state index contributed by atoms with van der Waals surface area (Å²) >= 11 is 0. The zero-order valence-electron chi connectivity index (χ0n) is 6.17. The fourth-order valence-corrected chi connectivity index (χ4v) is 0.620. The van der Waals surface area contributed by atoms with E-state index in [4.69, 9.17) is 0 Å². The minimum absolute atomic E-state index is 0.364. The third kappa shape index (κ3) is 1.39. The topological polar surface area (TPSA) is 108 Å². The van der Waals surface area contributed by atoms with Crippen LogP contribution < -0.4 is 16.6 Å². The van der Waals surface area contributed by atoms with Crippen LogP contribution in [0, 0.1) is 0 Å². The van der Waals surface area contributed by atoms with Crippen molar-refractivity contribution in [3.8, 4) is 0 Å². The van der Waals surface area contributed by atoms with Gasteiger partial charge in [0.15, 0.2) is 0 Å². The summed E-state index contributed by atoms with van der Waals surface area (Å²) in [6.45, 7) is 0. The van der Waals surface area contributed by atoms with E-state index in [1.807, 2.05) is 10.1 Å². The van der Waals surface area contributed by atoms with Gasteiger partial charge in [-0.25, -0.2) is 9.89 Å². The highest BCUT2D eigenvalue weighted by atomic mass is 16.2. The number of hydrogen-bond acceptors (Lipinski definition) is 4. The molecule has 0 spiro atoms. The Labute approximate surface area is 65.8 Å². The van der Waals surface area contributed by atoms with Gasteiger partial charge in [0.2, 0.25) is 5.69 Å². The van der Waals surface area contributed by atoms with Crippen molar-refractivity contribution in [2.45, 2.75) is 0 Å². The first kappa shape index (κ1) is 8.18. The Balaban J connectivity index is 3.28. The summed E-state index contributed by atoms with van der Waals surface area (Å²) in [7, 11) is 1.36. The molecule has 0 aliphatic rings. The zero-order chi connectivity index (χ0) is 9.14. The first-order valence-electron chi connectivity index (χ1n) is 3.06. The number of rotatable bonds is 1. The van der Waals surface area contributed by atoms with Gasteiger partial charge in [-0.2, -0.15) is 5.10 Å². The SMILES string of the molecule is CNC(=O)c1n[nH]c(=O)[nH]c1=O. The van der Waals surface area contributed by atoms with Crippen molar-refractivity contribution in [1.29, 1.82) is 0 Å². The summed E-state index contributed by atoms with van der Waals surface area (Å²) in [5.74, 6) is -0.646. The molecule has 0 bridgehead atoms. The Morgan fingerprint density at radius 1 is 1.50 bits per heavy atom. The molecule has 0 atom stereocenters. The van der Waals surface area contributed by atoms with E-state index in [2.05, 4.69) is 10.4 Å². The molecular weight excluding hydrogens is 164 g/mol. The summed E-state index contributed by atoms with van der Waals surface area (Å²) in [4.78, 5) is 34.0. The Bertz CT molecular complexity index is 404. The van der Waals surface area contributed by atoms with Gasteiger partial charge in [-0.3, -0.25) is 14.6 Å². The van der Waals surface area contributed by atoms with Crippen LogP contribution >= 0.6 is 0 Å². The lowest BCUT2D eigenvalue weighted by Gasteiger charge is -1.93. The predicted octanol–water partition coefficient (Wildman–Crippen LogP) is -2.18. The average molecular weight is 170 g/mol. The maximum absolute atomic E-state index is 10.8. The molecule has 64 valence electrons. The molecule has 0 saturated carbocycles. The molecule has 1 rings (SSSR count). The number of amides is 1. The molecule has 3 N–H and O–H groups in total. The Hall–Kier alpha value is -1.92. The number of carbonyl (C=O) groups is 1. The van der Waals surface area contributed by atoms with Gasteiger partial charge in [0.1, 0.15) is 0 Å². The highest BCUT2D eigenvalue weighted by molar-refractivity contribution is 5.91. The van der Waals surface area contributed by atoms with Crippen LogP contribution in [0.5, 0.6) is 0 Å². The monoisotopic (exact) mass is 170 g/mol. The summed E-state index contributed by atoms with van der Waals surface area (Å²) in [6.07, 6.45) is 0. The molecule has 1 heterocycles. The van der Waals surface area contributed by atoms with Crippen LogP contribution in [0.3, 0.4) is 0 Å². The van der Waals surface area contributed by atoms with Gasteiger partial charge in [0.25, 0.3) is 11.5 Å². The number of hydrogen-bond donors (Lipinski definition) is 3. The number of H-pyrrole nitrogens is 2. The van der Waals surface area contributed by atoms with E-state index in [1.54, 1.807) is 0 Å². The summed E-state index contributed by atoms with van der Waals surface area (Å²) in [5.41, 5.74) is -1.91. The van der Waals surface area contributed by atoms with E-state index in [0.29, 0.717) is 0 Å². The number of aromatic nitrogens is 3. The molecule has 0 aliphatic carbocycles. The molecule has 0 aliphatic heterocycles. The van der Waals surface area contributed by atoms with Crippen molar-refractivity contribution in [2.24, 2.45) is 0 Å². The summed E-state index contributed by atoms with van der Waals surface area (Å²) in [5, 5.41) is 7.39. The summed E-state index contributed by atoms with van der Waals surface area (Å²) < 4.78 is 0. The second kappa shape index (κ2) is 2.99. The highest BCUT2D eigenvalue weighted by Gasteiger charge is 2.09. The molecule has 1 aromatic heterocycles. The molecule has 0 radical (unpaired) electrons. The first-order valence-corrected chi connectivity index (χ1v) is 3.06. The average Bonchev–Trinajstić information content (AvgIpc) is 2.03. The highest BCUT2D eigenvalue weighted by Crippen LogP contribution is 1.75. The molecule has 7 nitrogen and oxygen atoms in total. The molecule has 1 aromatic rings. The van der Waals surface area contributed by atoms with Crippen LogP contribution in [0.25, 0.3) is 0 Å². The van der Waals surface area contributed by atoms with E-state index in [9.17, 15) is 14.4 Å². The fourth-order valence-electron chi connectivity index (χ4n) is 0.620. The number of carbonyl (C=O) groups excluding carboxylic acids is 1. The first-order chi connectivity index (χ1) is 5.65. The van der Waals surface area contributed by atoms with Crippen LogP contribution in [0.1, 0.15) is 10.5 Å². The van der Waals surface area contributed by atoms with Crippen LogP contribution in [-0.2, 0) is 0 Å². The molecule has 0 unspecified atom stereocenters. The van der Waals surface area contributed by atoms with Crippen molar-refractivity contribution in [3.05, 3.63) is 26.5 Å². The fraction of sp³-hybridized carbons (Fsp3) is 0.200. The second-order valence-electron chi connectivity index (χ2n) is 1.93. The lowest BCUT2D eigenvalue weighted by atomic mass is 10.4. The molecule has 1 amide bonds. The van der Waals surface area contributed by atoms with Crippen molar-refractivity contribution in [1.82, 2.24) is 20.5 Å². The molecule has 0 aromatic carbocycles. The second-order valence-corrected chi connectivity index (χ2v) is 1.93. The molecular formula is C5H6N4O3. The number of nitrogens with zero attached hydrogens (tertiary/aromatic N) is 1.